The van der Waals surface area contributed by atoms with Gasteiger partial charge in [0.25, 0.3) is 0 Å². The molecular formula is C13H13N2O2P. The molecule has 0 fully saturated rings. The molecule has 0 radical (unpaired) electrons. The lowest BCUT2D eigenvalue weighted by Crippen LogP contribution is -1.92. The first-order chi connectivity index (χ1) is 8.83. The minimum absolute atomic E-state index is 0.300. The van der Waals surface area contributed by atoms with Gasteiger partial charge in [-0.1, -0.05) is 6.92 Å². The molecule has 0 aliphatic rings. The minimum atomic E-state index is -0.312. The lowest BCUT2D eigenvalue weighted by atomic mass is 10.1. The van der Waals surface area contributed by atoms with Crippen LogP contribution in [-0.2, 0) is 22.1 Å². The number of nitrogens with zero attached hydrogens (tertiary/aromatic N) is 2. The van der Waals surface area contributed by atoms with Gasteiger partial charge in [-0.2, -0.15) is 0 Å². The first kappa shape index (κ1) is 12.8. The van der Waals surface area contributed by atoms with E-state index in [2.05, 4.69) is 16.9 Å². The summed E-state index contributed by atoms with van der Waals surface area (Å²) in [6.07, 6.45) is 4.46. The van der Waals surface area contributed by atoms with Crippen molar-refractivity contribution in [1.82, 2.24) is 9.97 Å². The summed E-state index contributed by atoms with van der Waals surface area (Å²) < 4.78 is 15.1. The summed E-state index contributed by atoms with van der Waals surface area (Å²) in [5, 5.41) is 0. The van der Waals surface area contributed by atoms with Crippen LogP contribution in [0.2, 0.25) is 0 Å². The van der Waals surface area contributed by atoms with E-state index in [0.717, 1.165) is 23.4 Å². The van der Waals surface area contributed by atoms with Crippen molar-refractivity contribution in [2.45, 2.75) is 20.0 Å². The molecule has 92 valence electrons. The highest BCUT2D eigenvalue weighted by Crippen LogP contribution is 2.18. The van der Waals surface area contributed by atoms with Gasteiger partial charge in [0.05, 0.1) is 18.0 Å². The number of aromatic nitrogens is 2. The standard InChI is InChI=1S/C13H13N2O2P/c1-2-10-3-5-14-12(7-10)13-8-11(4-6-15-13)9-17-18-16/h3-8H,2,9H2,1H3. The van der Waals surface area contributed by atoms with E-state index in [-0.39, 0.29) is 8.69 Å². The molecule has 2 heterocycles. The fraction of sp³-hybridized carbons (Fsp3) is 0.231. The second-order valence-corrected chi connectivity index (χ2v) is 4.21. The smallest absolute Gasteiger partial charge is 0.290 e. The van der Waals surface area contributed by atoms with E-state index in [1.165, 1.54) is 5.56 Å². The monoisotopic (exact) mass is 260 g/mol. The molecule has 0 N–H and O–H groups in total. The van der Waals surface area contributed by atoms with E-state index in [0.29, 0.717) is 6.61 Å². The Labute approximate surface area is 107 Å². The molecule has 2 aromatic heterocycles. The Morgan fingerprint density at radius 3 is 2.33 bits per heavy atom. The normalized spacial score (nSPS) is 10.7. The van der Waals surface area contributed by atoms with Crippen LogP contribution in [0.4, 0.5) is 0 Å². The maximum Gasteiger partial charge on any atom is 0.327 e. The first-order valence-corrected chi connectivity index (χ1v) is 6.41. The van der Waals surface area contributed by atoms with E-state index in [1.54, 1.807) is 12.4 Å². The average Bonchev–Trinajstić information content (AvgIpc) is 2.45. The Kier molecular flexibility index (Phi) is 4.51. The summed E-state index contributed by atoms with van der Waals surface area (Å²) in [6, 6.07) is 7.75. The zero-order chi connectivity index (χ0) is 12.8. The van der Waals surface area contributed by atoms with Crippen LogP contribution in [0, 0.1) is 0 Å². The molecule has 0 saturated carbocycles. The lowest BCUT2D eigenvalue weighted by molar-refractivity contribution is 0.332. The summed E-state index contributed by atoms with van der Waals surface area (Å²) in [4.78, 5) is 8.61. The SMILES string of the molecule is CCc1ccnc(-c2cc(COP=O)ccn2)c1. The van der Waals surface area contributed by atoms with Gasteiger partial charge in [-0.15, -0.1) is 0 Å². The number of hydrogen-bond donors (Lipinski definition) is 0. The van der Waals surface area contributed by atoms with Gasteiger partial charge >= 0.3 is 8.69 Å². The highest BCUT2D eigenvalue weighted by Gasteiger charge is 2.03. The molecule has 0 atom stereocenters. The second kappa shape index (κ2) is 6.34. The van der Waals surface area contributed by atoms with Gasteiger partial charge in [0.2, 0.25) is 0 Å². The zero-order valence-electron chi connectivity index (χ0n) is 10.0. The molecule has 0 bridgehead atoms. The Morgan fingerprint density at radius 2 is 1.72 bits per heavy atom. The Bertz CT molecular complexity index is 546. The predicted octanol–water partition coefficient (Wildman–Crippen LogP) is 3.43. The Hall–Kier alpha value is -1.64. The molecule has 5 heteroatoms. The molecule has 0 unspecified atom stereocenters. The fourth-order valence-electron chi connectivity index (χ4n) is 1.64. The molecule has 4 nitrogen and oxygen atoms in total. The van der Waals surface area contributed by atoms with Crippen molar-refractivity contribution in [3.8, 4) is 11.4 Å². The number of aryl methyl sites for hydroxylation is 1. The highest BCUT2D eigenvalue weighted by molar-refractivity contribution is 7.17. The van der Waals surface area contributed by atoms with Gasteiger partial charge in [0.1, 0.15) is 0 Å². The van der Waals surface area contributed by atoms with Gasteiger partial charge < -0.3 is 0 Å². The molecule has 0 aliphatic carbocycles. The topological polar surface area (TPSA) is 52.1 Å². The molecular weight excluding hydrogens is 247 g/mol. The third-order valence-electron chi connectivity index (χ3n) is 2.60. The van der Waals surface area contributed by atoms with E-state index in [1.807, 2.05) is 24.3 Å². The summed E-state index contributed by atoms with van der Waals surface area (Å²) in [5.74, 6) is 0. The molecule has 0 spiro atoms. The maximum atomic E-state index is 10.3. The third kappa shape index (κ3) is 3.19. The van der Waals surface area contributed by atoms with Crippen molar-refractivity contribution in [2.24, 2.45) is 0 Å². The second-order valence-electron chi connectivity index (χ2n) is 3.80. The van der Waals surface area contributed by atoms with Gasteiger partial charge in [0.15, 0.2) is 0 Å². The van der Waals surface area contributed by atoms with Crippen molar-refractivity contribution in [3.63, 3.8) is 0 Å². The molecule has 0 saturated heterocycles. The zero-order valence-corrected chi connectivity index (χ0v) is 10.9. The number of pyridine rings is 2. The number of rotatable bonds is 5. The van der Waals surface area contributed by atoms with Crippen LogP contribution in [0.3, 0.4) is 0 Å². The molecule has 2 rings (SSSR count). The van der Waals surface area contributed by atoms with Gasteiger partial charge in [0, 0.05) is 12.4 Å². The van der Waals surface area contributed by atoms with Crippen LogP contribution in [0.1, 0.15) is 18.1 Å². The van der Waals surface area contributed by atoms with Crippen molar-refractivity contribution in [3.05, 3.63) is 47.8 Å². The van der Waals surface area contributed by atoms with Crippen LogP contribution < -0.4 is 0 Å². The van der Waals surface area contributed by atoms with Crippen LogP contribution >= 0.6 is 8.69 Å². The molecule has 0 amide bonds. The fourth-order valence-corrected chi connectivity index (χ4v) is 1.84. The third-order valence-corrected chi connectivity index (χ3v) is 2.84. The summed E-state index contributed by atoms with van der Waals surface area (Å²) in [5.41, 5.74) is 3.79. The molecule has 0 aliphatic heterocycles. The predicted molar refractivity (Wildman–Crippen MR) is 69.2 cm³/mol. The maximum absolute atomic E-state index is 10.3. The van der Waals surface area contributed by atoms with E-state index < -0.39 is 0 Å². The summed E-state index contributed by atoms with van der Waals surface area (Å²) in [6.45, 7) is 2.40. The van der Waals surface area contributed by atoms with E-state index >= 15 is 0 Å². The van der Waals surface area contributed by atoms with Crippen LogP contribution in [0.15, 0.2) is 36.7 Å². The average molecular weight is 260 g/mol. The molecule has 18 heavy (non-hydrogen) atoms. The van der Waals surface area contributed by atoms with E-state index in [4.69, 9.17) is 4.52 Å². The Balaban J connectivity index is 2.28. The van der Waals surface area contributed by atoms with Crippen LogP contribution in [-0.4, -0.2) is 9.97 Å². The largest absolute Gasteiger partial charge is 0.327 e. The summed E-state index contributed by atoms with van der Waals surface area (Å²) in [7, 11) is -0.312. The Morgan fingerprint density at radius 1 is 1.11 bits per heavy atom. The van der Waals surface area contributed by atoms with Crippen molar-refractivity contribution in [2.75, 3.05) is 0 Å². The van der Waals surface area contributed by atoms with Gasteiger partial charge in [-0.05, 0) is 41.8 Å². The quantitative estimate of drug-likeness (QED) is 0.773. The van der Waals surface area contributed by atoms with Gasteiger partial charge in [-0.3, -0.25) is 14.5 Å². The van der Waals surface area contributed by atoms with Crippen molar-refractivity contribution >= 4 is 8.69 Å². The minimum Gasteiger partial charge on any atom is -0.290 e. The summed E-state index contributed by atoms with van der Waals surface area (Å²) >= 11 is 0. The van der Waals surface area contributed by atoms with Crippen molar-refractivity contribution in [1.29, 1.82) is 0 Å². The molecule has 0 aromatic carbocycles. The number of hydrogen-bond acceptors (Lipinski definition) is 4. The van der Waals surface area contributed by atoms with Gasteiger partial charge in [-0.25, -0.2) is 4.57 Å². The highest BCUT2D eigenvalue weighted by atomic mass is 31.1. The molecule has 2 aromatic rings. The van der Waals surface area contributed by atoms with Crippen LogP contribution in [0.5, 0.6) is 0 Å². The first-order valence-electron chi connectivity index (χ1n) is 5.68. The van der Waals surface area contributed by atoms with E-state index in [9.17, 15) is 4.57 Å². The van der Waals surface area contributed by atoms with Crippen molar-refractivity contribution < 1.29 is 9.09 Å². The van der Waals surface area contributed by atoms with Crippen LogP contribution in [0.25, 0.3) is 11.4 Å². The lowest BCUT2D eigenvalue weighted by Gasteiger charge is -2.04.